The molecule has 10 nitrogen and oxygen atoms in total. The van der Waals surface area contributed by atoms with Crippen molar-refractivity contribution in [1.82, 2.24) is 10.2 Å². The number of benzene rings is 3. The minimum atomic E-state index is -5.64. The second-order valence-corrected chi connectivity index (χ2v) is 14.5. The van der Waals surface area contributed by atoms with E-state index in [1.165, 1.54) is 19.2 Å². The molecule has 0 unspecified atom stereocenters. The van der Waals surface area contributed by atoms with Gasteiger partial charge in [-0.3, -0.25) is 19.3 Å². The minimum absolute atomic E-state index is 0.00788. The standard InChI is InChI=1S/C34H35F4N3O7S/c1-41(2)27(33(44)45)13-18-7-9-19(10-8-18)24-16-25(28(48-3)17-26(24)35)31(42)40-30-21-12-11-20(14-21)29(30)32(43)39-22-5-4-6-23(15-22)49(46,47)34(36,37)38/h4-10,15-17,20-21,27,29-30H,11-14H2,1-3H3,(H,39,43)(H,40,42)(H,44,45)/t20-,21+,27+,29+,30-/m0/s1. The summed E-state index contributed by atoms with van der Waals surface area (Å²) in [4.78, 5) is 39.4. The molecule has 0 saturated heterocycles. The van der Waals surface area contributed by atoms with Crippen molar-refractivity contribution in [3.8, 4) is 16.9 Å². The van der Waals surface area contributed by atoms with E-state index < -0.39 is 61.8 Å². The molecular weight excluding hydrogens is 670 g/mol. The first-order chi connectivity index (χ1) is 23.0. The van der Waals surface area contributed by atoms with Crippen molar-refractivity contribution in [2.75, 3.05) is 26.5 Å². The number of sulfone groups is 1. The number of carbonyl (C=O) groups excluding carboxylic acids is 2. The molecule has 3 aromatic carbocycles. The van der Waals surface area contributed by atoms with Crippen LogP contribution in [-0.4, -0.2) is 75.0 Å². The van der Waals surface area contributed by atoms with Gasteiger partial charge in [-0.1, -0.05) is 30.3 Å². The molecule has 5 atom stereocenters. The number of alkyl halides is 3. The van der Waals surface area contributed by atoms with Crippen LogP contribution in [0.3, 0.4) is 0 Å². The Hall–Kier alpha value is -4.50. The first-order valence-electron chi connectivity index (χ1n) is 15.4. The normalized spacial score (nSPS) is 21.0. The first-order valence-corrected chi connectivity index (χ1v) is 16.9. The number of carboxylic acid groups (broad SMARTS) is 1. The third-order valence-electron chi connectivity index (χ3n) is 9.37. The molecule has 2 aliphatic carbocycles. The summed E-state index contributed by atoms with van der Waals surface area (Å²) in [6.07, 6.45) is 2.27. The number of anilines is 1. The van der Waals surface area contributed by atoms with E-state index in [9.17, 15) is 41.1 Å². The summed E-state index contributed by atoms with van der Waals surface area (Å²) in [6, 6.07) is 11.5. The van der Waals surface area contributed by atoms with Gasteiger partial charge in [0.05, 0.1) is 23.5 Å². The predicted molar refractivity (Wildman–Crippen MR) is 171 cm³/mol. The highest BCUT2D eigenvalue weighted by Gasteiger charge is 2.52. The van der Waals surface area contributed by atoms with Crippen molar-refractivity contribution in [1.29, 1.82) is 0 Å². The molecule has 15 heteroatoms. The number of carboxylic acids is 1. The number of carbonyl (C=O) groups is 3. The number of hydrogen-bond acceptors (Lipinski definition) is 7. The molecule has 0 aliphatic heterocycles. The molecule has 2 bridgehead atoms. The third-order valence-corrected chi connectivity index (χ3v) is 10.9. The smallest absolute Gasteiger partial charge is 0.496 e. The SMILES string of the molecule is COc1cc(F)c(-c2ccc(C[C@H](C(=O)O)N(C)C)cc2)cc1C(=O)N[C@H]1[C@@H]2CC[C@@H](C2)[C@H]1C(=O)Nc1cccc(S(=O)(=O)C(F)(F)F)c1. The van der Waals surface area contributed by atoms with Crippen LogP contribution in [0.2, 0.25) is 0 Å². The van der Waals surface area contributed by atoms with Gasteiger partial charge in [0, 0.05) is 23.4 Å². The number of aliphatic carboxylic acids is 1. The number of halogens is 4. The van der Waals surface area contributed by atoms with Gasteiger partial charge < -0.3 is 20.5 Å². The van der Waals surface area contributed by atoms with Crippen LogP contribution in [0.15, 0.2) is 65.6 Å². The Morgan fingerprint density at radius 3 is 2.31 bits per heavy atom. The highest BCUT2D eigenvalue weighted by Crippen LogP contribution is 2.49. The molecule has 0 aromatic heterocycles. The summed E-state index contributed by atoms with van der Waals surface area (Å²) in [5.74, 6) is -3.86. The number of hydrogen-bond donors (Lipinski definition) is 3. The number of methoxy groups -OCH3 is 1. The van der Waals surface area contributed by atoms with Crippen molar-refractivity contribution in [3.05, 3.63) is 77.6 Å². The lowest BCUT2D eigenvalue weighted by molar-refractivity contribution is -0.142. The summed E-state index contributed by atoms with van der Waals surface area (Å²) >= 11 is 0. The summed E-state index contributed by atoms with van der Waals surface area (Å²) in [5.41, 5.74) is -4.41. The van der Waals surface area contributed by atoms with E-state index in [0.29, 0.717) is 24.0 Å². The quantitative estimate of drug-likeness (QED) is 0.233. The van der Waals surface area contributed by atoms with Crippen molar-refractivity contribution in [2.45, 2.75) is 48.2 Å². The highest BCUT2D eigenvalue weighted by atomic mass is 32.2. The number of nitrogens with zero attached hydrogens (tertiary/aromatic N) is 1. The summed E-state index contributed by atoms with van der Waals surface area (Å²) in [7, 11) is -1.03. The van der Waals surface area contributed by atoms with Crippen LogP contribution in [0, 0.1) is 23.6 Å². The first kappa shape index (κ1) is 35.8. The summed E-state index contributed by atoms with van der Waals surface area (Å²) in [6.45, 7) is 0. The van der Waals surface area contributed by atoms with Crippen molar-refractivity contribution < 1.29 is 50.2 Å². The lowest BCUT2D eigenvalue weighted by atomic mass is 9.83. The van der Waals surface area contributed by atoms with Crippen LogP contribution < -0.4 is 15.4 Å². The number of rotatable bonds is 11. The minimum Gasteiger partial charge on any atom is -0.496 e. The number of nitrogens with one attached hydrogen (secondary N) is 2. The number of amides is 2. The van der Waals surface area contributed by atoms with Crippen LogP contribution in [0.4, 0.5) is 23.2 Å². The molecule has 0 radical (unpaired) electrons. The zero-order valence-electron chi connectivity index (χ0n) is 26.8. The molecule has 2 aliphatic rings. The molecule has 49 heavy (non-hydrogen) atoms. The van der Waals surface area contributed by atoms with Gasteiger partial charge in [0.2, 0.25) is 5.91 Å². The van der Waals surface area contributed by atoms with Gasteiger partial charge in [-0.15, -0.1) is 0 Å². The van der Waals surface area contributed by atoms with E-state index in [4.69, 9.17) is 4.74 Å². The Morgan fingerprint density at radius 2 is 1.69 bits per heavy atom. The summed E-state index contributed by atoms with van der Waals surface area (Å²) < 4.78 is 83.8. The monoisotopic (exact) mass is 705 g/mol. The van der Waals surface area contributed by atoms with Gasteiger partial charge in [0.1, 0.15) is 17.6 Å². The van der Waals surface area contributed by atoms with E-state index >= 15 is 4.39 Å². The zero-order chi connectivity index (χ0) is 35.8. The van der Waals surface area contributed by atoms with Gasteiger partial charge in [-0.2, -0.15) is 13.2 Å². The Bertz CT molecular complexity index is 1870. The summed E-state index contributed by atoms with van der Waals surface area (Å²) in [5, 5.41) is 14.9. The lowest BCUT2D eigenvalue weighted by Gasteiger charge is -2.31. The maximum absolute atomic E-state index is 15.3. The molecule has 2 amide bonds. The Labute approximate surface area is 280 Å². The van der Waals surface area contributed by atoms with Crippen LogP contribution in [-0.2, 0) is 25.8 Å². The molecule has 3 aromatic rings. The van der Waals surface area contributed by atoms with Crippen LogP contribution >= 0.6 is 0 Å². The topological polar surface area (TPSA) is 142 Å². The van der Waals surface area contributed by atoms with Gasteiger partial charge in [0.25, 0.3) is 15.7 Å². The molecule has 2 saturated carbocycles. The van der Waals surface area contributed by atoms with Gasteiger partial charge in [-0.05, 0) is 87.0 Å². The highest BCUT2D eigenvalue weighted by molar-refractivity contribution is 7.92. The van der Waals surface area contributed by atoms with E-state index in [-0.39, 0.29) is 40.8 Å². The fraction of sp³-hybridized carbons (Fsp3) is 0.382. The fourth-order valence-corrected chi connectivity index (χ4v) is 7.67. The molecule has 262 valence electrons. The van der Waals surface area contributed by atoms with E-state index in [1.807, 2.05) is 0 Å². The van der Waals surface area contributed by atoms with E-state index in [2.05, 4.69) is 10.6 Å². The molecule has 0 heterocycles. The fourth-order valence-electron chi connectivity index (χ4n) is 6.86. The average molecular weight is 706 g/mol. The third kappa shape index (κ3) is 7.27. The number of ether oxygens (including phenoxy) is 1. The van der Waals surface area contributed by atoms with E-state index in [0.717, 1.165) is 30.7 Å². The Morgan fingerprint density at radius 1 is 1.02 bits per heavy atom. The Kier molecular flexibility index (Phi) is 10.1. The van der Waals surface area contributed by atoms with Crippen LogP contribution in [0.1, 0.15) is 35.2 Å². The number of likely N-dealkylation sites (N-methyl/N-ethyl adjacent to an activating group) is 1. The molecule has 0 spiro atoms. The zero-order valence-corrected chi connectivity index (χ0v) is 27.6. The van der Waals surface area contributed by atoms with Crippen LogP contribution in [0.25, 0.3) is 11.1 Å². The average Bonchev–Trinajstić information content (AvgIpc) is 3.65. The number of fused-ring (bicyclic) bond motifs is 2. The van der Waals surface area contributed by atoms with Crippen LogP contribution in [0.5, 0.6) is 5.75 Å². The second-order valence-electron chi connectivity index (χ2n) is 12.6. The maximum Gasteiger partial charge on any atom is 0.501 e. The molecule has 5 rings (SSSR count). The molecule has 2 fully saturated rings. The Balaban J connectivity index is 1.37. The van der Waals surface area contributed by atoms with Crippen molar-refractivity contribution in [3.63, 3.8) is 0 Å². The maximum atomic E-state index is 15.3. The van der Waals surface area contributed by atoms with Crippen molar-refractivity contribution in [2.24, 2.45) is 17.8 Å². The van der Waals surface area contributed by atoms with Gasteiger partial charge in [0.15, 0.2) is 0 Å². The molecular formula is C34H35F4N3O7S. The van der Waals surface area contributed by atoms with E-state index in [1.54, 1.807) is 43.3 Å². The molecule has 3 N–H and O–H groups in total. The van der Waals surface area contributed by atoms with Gasteiger partial charge in [-0.25, -0.2) is 12.8 Å². The van der Waals surface area contributed by atoms with Crippen molar-refractivity contribution >= 4 is 33.3 Å². The second kappa shape index (κ2) is 13.8. The lowest BCUT2D eigenvalue weighted by Crippen LogP contribution is -2.48. The predicted octanol–water partition coefficient (Wildman–Crippen LogP) is 5.14. The largest absolute Gasteiger partial charge is 0.501 e. The van der Waals surface area contributed by atoms with Gasteiger partial charge >= 0.3 is 11.5 Å².